The van der Waals surface area contributed by atoms with Crippen LogP contribution in [-0.2, 0) is 4.79 Å². The lowest BCUT2D eigenvalue weighted by Gasteiger charge is -2.57. The molecule has 3 saturated carbocycles. The van der Waals surface area contributed by atoms with Gasteiger partial charge < -0.3 is 5.11 Å². The summed E-state index contributed by atoms with van der Waals surface area (Å²) in [5.41, 5.74) is -1.47. The van der Waals surface area contributed by atoms with Crippen LogP contribution >= 0.6 is 0 Å². The van der Waals surface area contributed by atoms with Crippen molar-refractivity contribution in [3.8, 4) is 0 Å². The minimum atomic E-state index is -2.39. The van der Waals surface area contributed by atoms with E-state index in [9.17, 15) is 9.90 Å². The molecular formula is C20H30O2. The van der Waals surface area contributed by atoms with Crippen LogP contribution in [0.5, 0.6) is 0 Å². The molecule has 2 heteroatoms. The fourth-order valence-corrected chi connectivity index (χ4v) is 5.92. The highest BCUT2D eigenvalue weighted by atomic mass is 16.3. The summed E-state index contributed by atoms with van der Waals surface area (Å²) in [6, 6.07) is 0. The van der Waals surface area contributed by atoms with Crippen LogP contribution in [-0.4, -0.2) is 17.0 Å². The number of hydrogen-bond donors (Lipinski definition) is 1. The molecule has 0 aliphatic heterocycles. The predicted molar refractivity (Wildman–Crippen MR) is 87.3 cm³/mol. The molecule has 0 amide bonds. The molecule has 0 saturated heterocycles. The minimum Gasteiger partial charge on any atom is -0.392 e. The van der Waals surface area contributed by atoms with Crippen molar-refractivity contribution in [2.45, 2.75) is 71.7 Å². The van der Waals surface area contributed by atoms with Crippen molar-refractivity contribution in [2.24, 2.45) is 34.5 Å². The molecule has 0 radical (unpaired) electrons. The van der Waals surface area contributed by atoms with Crippen molar-refractivity contribution in [1.82, 2.24) is 0 Å². The van der Waals surface area contributed by atoms with Gasteiger partial charge in [0.05, 0.1) is 7.45 Å². The maximum atomic E-state index is 12.1. The van der Waals surface area contributed by atoms with E-state index in [0.717, 1.165) is 0 Å². The zero-order chi connectivity index (χ0) is 20.9. The van der Waals surface area contributed by atoms with E-state index in [1.165, 1.54) is 6.08 Å². The second-order valence-corrected chi connectivity index (χ2v) is 8.12. The first-order valence-electron chi connectivity index (χ1n) is 11.7. The van der Waals surface area contributed by atoms with Crippen LogP contribution in [0.2, 0.25) is 0 Å². The average Bonchev–Trinajstić information content (AvgIpc) is 2.69. The van der Waals surface area contributed by atoms with E-state index in [-0.39, 0.29) is 30.0 Å². The summed E-state index contributed by atoms with van der Waals surface area (Å²) < 4.78 is 51.1. The molecule has 3 fully saturated rings. The van der Waals surface area contributed by atoms with Crippen molar-refractivity contribution in [3.05, 3.63) is 11.6 Å². The van der Waals surface area contributed by atoms with Crippen LogP contribution < -0.4 is 0 Å². The molecular weight excluding hydrogens is 272 g/mol. The minimum absolute atomic E-state index is 0.0542. The molecule has 2 unspecified atom stereocenters. The third kappa shape index (κ3) is 1.79. The van der Waals surface area contributed by atoms with Crippen molar-refractivity contribution >= 4 is 5.78 Å². The summed E-state index contributed by atoms with van der Waals surface area (Å²) in [5, 5.41) is 11.0. The number of hydrogen-bond acceptors (Lipinski definition) is 2. The standard InChI is InChI=1S/C20H30O2/c1-12-10-17-15-5-4-13-11-14(21)6-8-19(13,2)16(15)7-9-20(17,3)18(12)22/h11-12,15-18,22H,4-10H2,1-3H3/t12?,15-,16+,17+,18+,19+,20+/m1/s1/i2D3,8D,12D,18D/t8?,12?,15-,16+,17+,18+,19+,20+. The lowest BCUT2D eigenvalue weighted by Crippen LogP contribution is -2.51. The van der Waals surface area contributed by atoms with Gasteiger partial charge in [-0.15, -0.1) is 0 Å². The molecule has 4 aliphatic carbocycles. The highest BCUT2D eigenvalue weighted by Crippen LogP contribution is 2.65. The van der Waals surface area contributed by atoms with Crippen LogP contribution in [0.3, 0.4) is 0 Å². The average molecular weight is 308 g/mol. The largest absolute Gasteiger partial charge is 0.392 e. The number of carbonyl (C=O) groups is 1. The van der Waals surface area contributed by atoms with Crippen LogP contribution in [0.1, 0.15) is 73.8 Å². The Bertz CT molecular complexity index is 741. The van der Waals surface area contributed by atoms with E-state index in [1.54, 1.807) is 6.92 Å². The topological polar surface area (TPSA) is 37.3 Å². The lowest BCUT2D eigenvalue weighted by atomic mass is 9.47. The maximum Gasteiger partial charge on any atom is 0.155 e. The summed E-state index contributed by atoms with van der Waals surface area (Å²) in [5.74, 6) is -1.93. The highest BCUT2D eigenvalue weighted by Gasteiger charge is 2.60. The number of ketones is 1. The number of fused-ring (bicyclic) bond motifs is 5. The molecule has 0 spiro atoms. The fraction of sp³-hybridized carbons (Fsp3) is 0.850. The third-order valence-electron chi connectivity index (χ3n) is 7.12. The molecule has 2 nitrogen and oxygen atoms in total. The van der Waals surface area contributed by atoms with E-state index in [2.05, 4.69) is 0 Å². The van der Waals surface area contributed by atoms with E-state index in [0.29, 0.717) is 37.7 Å². The summed E-state index contributed by atoms with van der Waals surface area (Å²) >= 11 is 0. The molecule has 0 aromatic heterocycles. The second kappa shape index (κ2) is 4.69. The van der Waals surface area contributed by atoms with Crippen molar-refractivity contribution < 1.29 is 18.1 Å². The van der Waals surface area contributed by atoms with Crippen molar-refractivity contribution in [1.29, 1.82) is 0 Å². The van der Waals surface area contributed by atoms with Crippen molar-refractivity contribution in [3.63, 3.8) is 0 Å². The van der Waals surface area contributed by atoms with E-state index in [1.807, 2.05) is 6.92 Å². The Labute approximate surface area is 142 Å². The zero-order valence-corrected chi connectivity index (χ0v) is 13.5. The lowest BCUT2D eigenvalue weighted by molar-refractivity contribution is -0.118. The monoisotopic (exact) mass is 308 g/mol. The Morgan fingerprint density at radius 1 is 1.41 bits per heavy atom. The molecule has 0 heterocycles. The maximum absolute atomic E-state index is 12.1. The zero-order valence-electron chi connectivity index (χ0n) is 19.5. The number of aliphatic hydroxyl groups is 1. The van der Waals surface area contributed by atoms with Gasteiger partial charge in [0.15, 0.2) is 5.78 Å². The smallest absolute Gasteiger partial charge is 0.155 e. The normalized spacial score (nSPS) is 68.9. The quantitative estimate of drug-likeness (QED) is 0.730. The van der Waals surface area contributed by atoms with Crippen molar-refractivity contribution in [2.75, 3.05) is 0 Å². The molecule has 4 rings (SSSR count). The van der Waals surface area contributed by atoms with E-state index < -0.39 is 36.1 Å². The molecule has 8 atom stereocenters. The summed E-state index contributed by atoms with van der Waals surface area (Å²) in [6.45, 7) is 1.11. The van der Waals surface area contributed by atoms with Gasteiger partial charge in [-0.25, -0.2) is 0 Å². The molecule has 0 aromatic carbocycles. The molecule has 0 aromatic rings. The summed E-state index contributed by atoms with van der Waals surface area (Å²) in [6.07, 6.45) is 1.05. The number of carbonyl (C=O) groups excluding carboxylic acids is 1. The third-order valence-corrected chi connectivity index (χ3v) is 7.12. The molecule has 22 heavy (non-hydrogen) atoms. The second-order valence-electron chi connectivity index (χ2n) is 8.12. The first-order valence-corrected chi connectivity index (χ1v) is 8.58. The van der Waals surface area contributed by atoms with Gasteiger partial charge in [-0.05, 0) is 79.1 Å². The van der Waals surface area contributed by atoms with E-state index >= 15 is 0 Å². The summed E-state index contributed by atoms with van der Waals surface area (Å²) in [7, 11) is 0. The summed E-state index contributed by atoms with van der Waals surface area (Å²) in [4.78, 5) is 12.1. The Hall–Kier alpha value is -0.630. The number of allylic oxidation sites excluding steroid dienone is 1. The molecule has 1 N–H and O–H groups in total. The molecule has 0 bridgehead atoms. The highest BCUT2D eigenvalue weighted by molar-refractivity contribution is 5.91. The van der Waals surface area contributed by atoms with Gasteiger partial charge in [-0.2, -0.15) is 0 Å². The first-order chi connectivity index (χ1) is 12.7. The molecule has 122 valence electrons. The Morgan fingerprint density at radius 2 is 2.23 bits per heavy atom. The van der Waals surface area contributed by atoms with Gasteiger partial charge in [0.1, 0.15) is 0 Å². The van der Waals surface area contributed by atoms with Gasteiger partial charge in [0.25, 0.3) is 0 Å². The van der Waals surface area contributed by atoms with Crippen LogP contribution in [0, 0.1) is 34.5 Å². The van der Waals surface area contributed by atoms with Gasteiger partial charge in [0, 0.05) is 13.3 Å². The Kier molecular flexibility index (Phi) is 2.05. The van der Waals surface area contributed by atoms with Gasteiger partial charge in [-0.3, -0.25) is 4.79 Å². The van der Waals surface area contributed by atoms with Gasteiger partial charge >= 0.3 is 0 Å². The van der Waals surface area contributed by atoms with Gasteiger partial charge in [0.2, 0.25) is 0 Å². The van der Waals surface area contributed by atoms with Crippen LogP contribution in [0.15, 0.2) is 11.6 Å². The van der Waals surface area contributed by atoms with Crippen LogP contribution in [0.25, 0.3) is 0 Å². The van der Waals surface area contributed by atoms with Gasteiger partial charge in [-0.1, -0.05) is 26.3 Å². The Balaban J connectivity index is 1.84. The SMILES string of the molecule is [2H]C1CC(=O)C=C2CC[C@@H]3[C@H](CC[C@@]4(C)[C@H]3CC([2H])(C)[C@]4([2H])O)[C@]21C([2H])([2H])[2H]. The molecule has 4 aliphatic rings. The van der Waals surface area contributed by atoms with Crippen LogP contribution in [0.4, 0.5) is 0 Å². The van der Waals surface area contributed by atoms with E-state index in [4.69, 9.17) is 8.22 Å². The first kappa shape index (κ1) is 9.61. The predicted octanol–water partition coefficient (Wildman–Crippen LogP) is 4.13. The number of rotatable bonds is 0. The fourth-order valence-electron chi connectivity index (χ4n) is 5.92. The Morgan fingerprint density at radius 3 is 3.00 bits per heavy atom.